The van der Waals surface area contributed by atoms with Gasteiger partial charge in [0.25, 0.3) is 0 Å². The Balaban J connectivity index is 2.00. The molecule has 5 heteroatoms. The van der Waals surface area contributed by atoms with Crippen LogP contribution in [0, 0.1) is 0 Å². The van der Waals surface area contributed by atoms with Crippen molar-refractivity contribution in [2.45, 2.75) is 12.5 Å². The first-order chi connectivity index (χ1) is 9.61. The molecule has 1 heterocycles. The second-order valence-corrected chi connectivity index (χ2v) is 7.99. The zero-order valence-electron chi connectivity index (χ0n) is 11.4. The number of hydrogen-bond acceptors (Lipinski definition) is 3. The van der Waals surface area contributed by atoms with Crippen molar-refractivity contribution < 1.29 is 0 Å². The molecule has 2 rings (SSSR count). The predicted molar refractivity (Wildman–Crippen MR) is 94.3 cm³/mol. The van der Waals surface area contributed by atoms with E-state index >= 15 is 0 Å². The van der Waals surface area contributed by atoms with E-state index in [9.17, 15) is 0 Å². The van der Waals surface area contributed by atoms with E-state index < -0.39 is 0 Å². The van der Waals surface area contributed by atoms with Gasteiger partial charge < -0.3 is 5.73 Å². The Kier molecular flexibility index (Phi) is 6.23. The van der Waals surface area contributed by atoms with E-state index in [0.717, 1.165) is 21.2 Å². The van der Waals surface area contributed by atoms with Gasteiger partial charge in [-0.25, -0.2) is 0 Å². The molecule has 0 bridgehead atoms. The van der Waals surface area contributed by atoms with Gasteiger partial charge in [0, 0.05) is 22.4 Å². The Morgan fingerprint density at radius 3 is 2.50 bits per heavy atom. The Hall–Kier alpha value is -0.200. The van der Waals surface area contributed by atoms with Gasteiger partial charge in [-0.15, -0.1) is 11.3 Å². The fourth-order valence-electron chi connectivity index (χ4n) is 2.15. The summed E-state index contributed by atoms with van der Waals surface area (Å²) in [7, 11) is 2.14. The molecule has 2 aromatic rings. The molecule has 1 aromatic heterocycles. The zero-order chi connectivity index (χ0) is 14.5. The third-order valence-corrected chi connectivity index (χ3v) is 6.70. The topological polar surface area (TPSA) is 29.3 Å². The molecule has 2 N–H and O–H groups in total. The summed E-state index contributed by atoms with van der Waals surface area (Å²) in [6.07, 6.45) is 1.04. The number of benzene rings is 1. The number of thiophene rings is 1. The highest BCUT2D eigenvalue weighted by molar-refractivity contribution is 9.13. The van der Waals surface area contributed by atoms with Gasteiger partial charge in [-0.1, -0.05) is 30.3 Å². The van der Waals surface area contributed by atoms with Crippen LogP contribution in [0.2, 0.25) is 0 Å². The summed E-state index contributed by atoms with van der Waals surface area (Å²) in [6, 6.07) is 13.0. The Bertz CT molecular complexity index is 523. The molecule has 0 spiro atoms. The molecule has 2 nitrogen and oxygen atoms in total. The van der Waals surface area contributed by atoms with Crippen LogP contribution in [0.15, 0.2) is 44.7 Å². The molecule has 0 aliphatic rings. The molecule has 1 unspecified atom stereocenters. The lowest BCUT2D eigenvalue weighted by Crippen LogP contribution is -2.31. The van der Waals surface area contributed by atoms with Gasteiger partial charge >= 0.3 is 0 Å². The number of halogens is 2. The Morgan fingerprint density at radius 2 is 1.95 bits per heavy atom. The molecule has 1 aromatic carbocycles. The zero-order valence-corrected chi connectivity index (χ0v) is 15.3. The largest absolute Gasteiger partial charge is 0.329 e. The first-order valence-corrected chi connectivity index (χ1v) is 8.91. The quantitative estimate of drug-likeness (QED) is 0.752. The van der Waals surface area contributed by atoms with Crippen molar-refractivity contribution in [1.82, 2.24) is 4.90 Å². The molecule has 0 aliphatic heterocycles. The summed E-state index contributed by atoms with van der Waals surface area (Å²) in [5, 5.41) is 0. The Morgan fingerprint density at radius 1 is 1.25 bits per heavy atom. The monoisotopic (exact) mass is 416 g/mol. The van der Waals surface area contributed by atoms with Crippen molar-refractivity contribution in [1.29, 1.82) is 0 Å². The first kappa shape index (κ1) is 16.2. The van der Waals surface area contributed by atoms with Crippen molar-refractivity contribution in [2.75, 3.05) is 20.1 Å². The van der Waals surface area contributed by atoms with Crippen LogP contribution < -0.4 is 5.73 Å². The summed E-state index contributed by atoms with van der Waals surface area (Å²) in [6.45, 7) is 1.63. The molecule has 0 aliphatic carbocycles. The average molecular weight is 418 g/mol. The number of nitrogens with zero attached hydrogens (tertiary/aromatic N) is 1. The summed E-state index contributed by atoms with van der Waals surface area (Å²) < 4.78 is 2.23. The summed E-state index contributed by atoms with van der Waals surface area (Å²) in [5.41, 5.74) is 7.33. The molecule has 0 fully saturated rings. The molecule has 0 saturated carbocycles. The van der Waals surface area contributed by atoms with E-state index in [4.69, 9.17) is 5.73 Å². The highest BCUT2D eigenvalue weighted by Gasteiger charge is 2.18. The minimum Gasteiger partial charge on any atom is -0.329 e. The SMILES string of the molecule is CN(CCc1ccccc1)C(CN)c1cc(Br)c(Br)s1. The summed E-state index contributed by atoms with van der Waals surface area (Å²) >= 11 is 8.84. The Labute approximate surface area is 141 Å². The van der Waals surface area contributed by atoms with Crippen molar-refractivity contribution in [3.05, 3.63) is 55.1 Å². The smallest absolute Gasteiger partial charge is 0.0843 e. The van der Waals surface area contributed by atoms with E-state index in [1.165, 1.54) is 10.4 Å². The maximum absolute atomic E-state index is 5.97. The average Bonchev–Trinajstić information content (AvgIpc) is 2.78. The molecular weight excluding hydrogens is 400 g/mol. The van der Waals surface area contributed by atoms with Crippen molar-refractivity contribution in [3.8, 4) is 0 Å². The number of hydrogen-bond donors (Lipinski definition) is 1. The molecule has 0 saturated heterocycles. The van der Waals surface area contributed by atoms with Crippen molar-refractivity contribution in [2.24, 2.45) is 5.73 Å². The van der Waals surface area contributed by atoms with Gasteiger partial charge in [-0.3, -0.25) is 4.90 Å². The number of nitrogens with two attached hydrogens (primary N) is 1. The van der Waals surface area contributed by atoms with Gasteiger partial charge in [0.2, 0.25) is 0 Å². The van der Waals surface area contributed by atoms with Crippen molar-refractivity contribution in [3.63, 3.8) is 0 Å². The molecule has 0 radical (unpaired) electrons. The van der Waals surface area contributed by atoms with E-state index in [1.807, 2.05) is 0 Å². The van der Waals surface area contributed by atoms with Crippen LogP contribution in [0.4, 0.5) is 0 Å². The third kappa shape index (κ3) is 4.15. The van der Waals surface area contributed by atoms with E-state index in [1.54, 1.807) is 11.3 Å². The second-order valence-electron chi connectivity index (χ2n) is 4.74. The third-order valence-electron chi connectivity index (χ3n) is 3.34. The lowest BCUT2D eigenvalue weighted by atomic mass is 10.1. The molecular formula is C15H18Br2N2S. The van der Waals surface area contributed by atoms with Crippen LogP contribution in [-0.4, -0.2) is 25.0 Å². The minimum absolute atomic E-state index is 0.270. The number of rotatable bonds is 6. The van der Waals surface area contributed by atoms with Gasteiger partial charge in [0.05, 0.1) is 9.83 Å². The molecule has 0 amide bonds. The van der Waals surface area contributed by atoms with Gasteiger partial charge in [0.15, 0.2) is 0 Å². The minimum atomic E-state index is 0.270. The lowest BCUT2D eigenvalue weighted by Gasteiger charge is -2.26. The first-order valence-electron chi connectivity index (χ1n) is 6.50. The van der Waals surface area contributed by atoms with Crippen LogP contribution in [0.5, 0.6) is 0 Å². The highest BCUT2D eigenvalue weighted by Crippen LogP contribution is 2.36. The van der Waals surface area contributed by atoms with Crippen molar-refractivity contribution >= 4 is 43.2 Å². The fraction of sp³-hybridized carbons (Fsp3) is 0.333. The van der Waals surface area contributed by atoms with Crippen LogP contribution in [-0.2, 0) is 6.42 Å². The normalized spacial score (nSPS) is 12.8. The lowest BCUT2D eigenvalue weighted by molar-refractivity contribution is 0.256. The molecule has 20 heavy (non-hydrogen) atoms. The van der Waals surface area contributed by atoms with Gasteiger partial charge in [-0.05, 0) is 57.0 Å². The maximum Gasteiger partial charge on any atom is 0.0843 e. The molecule has 1 atom stereocenters. The van der Waals surface area contributed by atoms with Crippen LogP contribution in [0.25, 0.3) is 0 Å². The van der Waals surface area contributed by atoms with Crippen LogP contribution >= 0.6 is 43.2 Å². The van der Waals surface area contributed by atoms with Crippen LogP contribution in [0.3, 0.4) is 0 Å². The van der Waals surface area contributed by atoms with E-state index in [-0.39, 0.29) is 6.04 Å². The highest BCUT2D eigenvalue weighted by atomic mass is 79.9. The van der Waals surface area contributed by atoms with Gasteiger partial charge in [-0.2, -0.15) is 0 Å². The van der Waals surface area contributed by atoms with E-state index in [2.05, 4.69) is 80.2 Å². The summed E-state index contributed by atoms with van der Waals surface area (Å²) in [4.78, 5) is 3.62. The maximum atomic E-state index is 5.97. The van der Waals surface area contributed by atoms with Crippen LogP contribution in [0.1, 0.15) is 16.5 Å². The predicted octanol–water partition coefficient (Wildman–Crippen LogP) is 4.45. The fourth-order valence-corrected chi connectivity index (χ4v) is 4.42. The number of likely N-dealkylation sites (N-methyl/N-ethyl adjacent to an activating group) is 1. The van der Waals surface area contributed by atoms with Gasteiger partial charge in [0.1, 0.15) is 0 Å². The standard InChI is InChI=1S/C15H18Br2N2S/c1-19(8-7-11-5-3-2-4-6-11)13(10-18)14-9-12(16)15(17)20-14/h2-6,9,13H,7-8,10,18H2,1H3. The summed E-state index contributed by atoms with van der Waals surface area (Å²) in [5.74, 6) is 0. The van der Waals surface area contributed by atoms with E-state index in [0.29, 0.717) is 6.54 Å². The molecule has 108 valence electrons. The second kappa shape index (κ2) is 7.71.